The molecule has 1 amide bonds. The van der Waals surface area contributed by atoms with Crippen LogP contribution in [0.2, 0.25) is 0 Å². The third-order valence-corrected chi connectivity index (χ3v) is 2.87. The maximum Gasteiger partial charge on any atom is 0.257 e. The van der Waals surface area contributed by atoms with E-state index in [4.69, 9.17) is 0 Å². The second kappa shape index (κ2) is 3.44. The molecule has 1 saturated heterocycles. The molecule has 1 fully saturated rings. The van der Waals surface area contributed by atoms with Gasteiger partial charge in [-0.3, -0.25) is 9.89 Å². The minimum atomic E-state index is 0.112. The van der Waals surface area contributed by atoms with Crippen LogP contribution in [0.25, 0.3) is 0 Å². The summed E-state index contributed by atoms with van der Waals surface area (Å²) in [5, 5.41) is 6.66. The molecule has 1 aromatic rings. The highest BCUT2D eigenvalue weighted by molar-refractivity contribution is 5.95. The Morgan fingerprint density at radius 1 is 1.71 bits per heavy atom. The molecule has 0 spiro atoms. The molecule has 1 unspecified atom stereocenters. The maximum atomic E-state index is 12.0. The summed E-state index contributed by atoms with van der Waals surface area (Å²) >= 11 is 0. The third-order valence-electron chi connectivity index (χ3n) is 2.87. The van der Waals surface area contributed by atoms with E-state index in [1.54, 1.807) is 6.20 Å². The fourth-order valence-corrected chi connectivity index (χ4v) is 1.96. The van der Waals surface area contributed by atoms with Crippen LogP contribution < -0.4 is 0 Å². The van der Waals surface area contributed by atoms with Crippen molar-refractivity contribution in [2.45, 2.75) is 32.7 Å². The molecule has 1 aliphatic rings. The first-order valence-electron chi connectivity index (χ1n) is 5.01. The lowest BCUT2D eigenvalue weighted by Crippen LogP contribution is -2.33. The quantitative estimate of drug-likeness (QED) is 0.731. The Kier molecular flexibility index (Phi) is 2.27. The average molecular weight is 193 g/mol. The van der Waals surface area contributed by atoms with Gasteiger partial charge in [0.15, 0.2) is 0 Å². The molecule has 2 heterocycles. The number of nitrogens with one attached hydrogen (secondary N) is 1. The van der Waals surface area contributed by atoms with Crippen LogP contribution in [0.1, 0.15) is 35.8 Å². The summed E-state index contributed by atoms with van der Waals surface area (Å²) in [5.41, 5.74) is 1.56. The molecule has 4 heteroatoms. The summed E-state index contributed by atoms with van der Waals surface area (Å²) in [6.45, 7) is 4.85. The fraction of sp³-hybridized carbons (Fsp3) is 0.600. The molecular formula is C10H15N3O. The van der Waals surface area contributed by atoms with Crippen LogP contribution in [-0.4, -0.2) is 33.6 Å². The summed E-state index contributed by atoms with van der Waals surface area (Å²) in [4.78, 5) is 13.9. The Bertz CT molecular complexity index is 345. The summed E-state index contributed by atoms with van der Waals surface area (Å²) in [7, 11) is 0. The molecule has 0 bridgehead atoms. The van der Waals surface area contributed by atoms with Gasteiger partial charge in [0, 0.05) is 18.3 Å². The first kappa shape index (κ1) is 9.24. The number of aryl methyl sites for hydroxylation is 1. The van der Waals surface area contributed by atoms with Crippen LogP contribution in [0.4, 0.5) is 0 Å². The number of amides is 1. The van der Waals surface area contributed by atoms with Crippen molar-refractivity contribution in [3.63, 3.8) is 0 Å². The minimum absolute atomic E-state index is 0.112. The van der Waals surface area contributed by atoms with E-state index in [9.17, 15) is 4.79 Å². The predicted octanol–water partition coefficient (Wildman–Crippen LogP) is 1.34. The van der Waals surface area contributed by atoms with Crippen LogP contribution in [0.15, 0.2) is 6.20 Å². The van der Waals surface area contributed by atoms with Crippen molar-refractivity contribution < 1.29 is 4.79 Å². The minimum Gasteiger partial charge on any atom is -0.336 e. The second-order valence-electron chi connectivity index (χ2n) is 3.90. The summed E-state index contributed by atoms with van der Waals surface area (Å²) in [6, 6.07) is 0.372. The lowest BCUT2D eigenvalue weighted by atomic mass is 10.2. The van der Waals surface area contributed by atoms with Gasteiger partial charge in [0.25, 0.3) is 5.91 Å². The van der Waals surface area contributed by atoms with Gasteiger partial charge in [0.05, 0.1) is 11.8 Å². The van der Waals surface area contributed by atoms with E-state index in [2.05, 4.69) is 17.1 Å². The van der Waals surface area contributed by atoms with E-state index < -0.39 is 0 Å². The van der Waals surface area contributed by atoms with E-state index >= 15 is 0 Å². The zero-order valence-electron chi connectivity index (χ0n) is 8.58. The number of carbonyl (C=O) groups is 1. The molecule has 0 saturated carbocycles. The van der Waals surface area contributed by atoms with E-state index in [0.29, 0.717) is 11.6 Å². The van der Waals surface area contributed by atoms with Crippen molar-refractivity contribution >= 4 is 5.91 Å². The van der Waals surface area contributed by atoms with Crippen molar-refractivity contribution in [1.82, 2.24) is 15.1 Å². The lowest BCUT2D eigenvalue weighted by Gasteiger charge is -2.20. The van der Waals surface area contributed by atoms with Crippen LogP contribution in [0, 0.1) is 6.92 Å². The number of likely N-dealkylation sites (tertiary alicyclic amines) is 1. The average Bonchev–Trinajstić information content (AvgIpc) is 2.73. The standard InChI is InChI=1S/C10H15N3O/c1-7-4-3-5-13(7)10(14)9-6-11-12-8(9)2/h6-7H,3-5H2,1-2H3,(H,11,12). The second-order valence-corrected chi connectivity index (χ2v) is 3.90. The fourth-order valence-electron chi connectivity index (χ4n) is 1.96. The maximum absolute atomic E-state index is 12.0. The van der Waals surface area contributed by atoms with E-state index in [1.807, 2.05) is 11.8 Å². The number of hydrogen-bond acceptors (Lipinski definition) is 2. The van der Waals surface area contributed by atoms with Crippen molar-refractivity contribution in [3.8, 4) is 0 Å². The molecular weight excluding hydrogens is 178 g/mol. The Balaban J connectivity index is 2.20. The molecule has 14 heavy (non-hydrogen) atoms. The van der Waals surface area contributed by atoms with E-state index in [0.717, 1.165) is 25.1 Å². The zero-order chi connectivity index (χ0) is 10.1. The van der Waals surface area contributed by atoms with Gasteiger partial charge < -0.3 is 4.90 Å². The molecule has 4 nitrogen and oxygen atoms in total. The Morgan fingerprint density at radius 3 is 3.00 bits per heavy atom. The van der Waals surface area contributed by atoms with Crippen LogP contribution in [-0.2, 0) is 0 Å². The molecule has 1 N–H and O–H groups in total. The van der Waals surface area contributed by atoms with Gasteiger partial charge in [-0.25, -0.2) is 0 Å². The van der Waals surface area contributed by atoms with Gasteiger partial charge in [-0.15, -0.1) is 0 Å². The molecule has 1 aromatic heterocycles. The first-order valence-corrected chi connectivity index (χ1v) is 5.01. The highest BCUT2D eigenvalue weighted by Gasteiger charge is 2.27. The molecule has 0 aromatic carbocycles. The molecule has 0 aliphatic carbocycles. The number of nitrogens with zero attached hydrogens (tertiary/aromatic N) is 2. The Hall–Kier alpha value is -1.32. The third kappa shape index (κ3) is 1.41. The smallest absolute Gasteiger partial charge is 0.257 e. The summed E-state index contributed by atoms with van der Waals surface area (Å²) < 4.78 is 0. The molecule has 1 aliphatic heterocycles. The SMILES string of the molecule is Cc1[nH]ncc1C(=O)N1CCCC1C. The molecule has 2 rings (SSSR count). The van der Waals surface area contributed by atoms with Crippen LogP contribution in [0.3, 0.4) is 0 Å². The monoisotopic (exact) mass is 193 g/mol. The largest absolute Gasteiger partial charge is 0.336 e. The van der Waals surface area contributed by atoms with E-state index in [1.165, 1.54) is 0 Å². The van der Waals surface area contributed by atoms with Crippen LogP contribution in [0.5, 0.6) is 0 Å². The summed E-state index contributed by atoms with van der Waals surface area (Å²) in [6.07, 6.45) is 3.84. The van der Waals surface area contributed by atoms with Gasteiger partial charge in [-0.2, -0.15) is 5.10 Å². The van der Waals surface area contributed by atoms with E-state index in [-0.39, 0.29) is 5.91 Å². The van der Waals surface area contributed by atoms with Crippen molar-refractivity contribution in [2.24, 2.45) is 0 Å². The van der Waals surface area contributed by atoms with Crippen LogP contribution >= 0.6 is 0 Å². The highest BCUT2D eigenvalue weighted by atomic mass is 16.2. The number of carbonyl (C=O) groups excluding carboxylic acids is 1. The molecule has 1 atom stereocenters. The molecule has 0 radical (unpaired) electrons. The molecule has 76 valence electrons. The number of aromatic nitrogens is 2. The van der Waals surface area contributed by atoms with Gasteiger partial charge in [0.1, 0.15) is 0 Å². The normalized spacial score (nSPS) is 21.6. The van der Waals surface area contributed by atoms with Gasteiger partial charge in [-0.1, -0.05) is 0 Å². The Morgan fingerprint density at radius 2 is 2.50 bits per heavy atom. The van der Waals surface area contributed by atoms with Crippen molar-refractivity contribution in [2.75, 3.05) is 6.54 Å². The van der Waals surface area contributed by atoms with Crippen molar-refractivity contribution in [1.29, 1.82) is 0 Å². The highest BCUT2D eigenvalue weighted by Crippen LogP contribution is 2.19. The number of aromatic amines is 1. The van der Waals surface area contributed by atoms with Crippen molar-refractivity contribution in [3.05, 3.63) is 17.5 Å². The zero-order valence-corrected chi connectivity index (χ0v) is 8.58. The Labute approximate surface area is 83.3 Å². The number of hydrogen-bond donors (Lipinski definition) is 1. The van der Waals surface area contributed by atoms with Gasteiger partial charge in [-0.05, 0) is 26.7 Å². The van der Waals surface area contributed by atoms with Gasteiger partial charge in [0.2, 0.25) is 0 Å². The summed E-state index contributed by atoms with van der Waals surface area (Å²) in [5.74, 6) is 0.112. The van der Waals surface area contributed by atoms with Gasteiger partial charge >= 0.3 is 0 Å². The first-order chi connectivity index (χ1) is 6.70. The number of H-pyrrole nitrogens is 1. The predicted molar refractivity (Wildman–Crippen MR) is 53.1 cm³/mol. The topological polar surface area (TPSA) is 49.0 Å². The number of rotatable bonds is 1. The lowest BCUT2D eigenvalue weighted by molar-refractivity contribution is 0.0747.